The highest BCUT2D eigenvalue weighted by molar-refractivity contribution is 6.11. The van der Waals surface area contributed by atoms with E-state index in [-0.39, 0.29) is 0 Å². The van der Waals surface area contributed by atoms with Crippen LogP contribution in [0.4, 0.5) is 0 Å². The van der Waals surface area contributed by atoms with E-state index >= 15 is 0 Å². The molecule has 4 aromatic heterocycles. The van der Waals surface area contributed by atoms with Crippen molar-refractivity contribution >= 4 is 43.7 Å². The highest BCUT2D eigenvalue weighted by Crippen LogP contribution is 2.38. The molecule has 5 heteroatoms. The minimum Gasteiger partial charge on any atom is -0.308 e. The second-order valence-corrected chi connectivity index (χ2v) is 12.5. The molecule has 0 bridgehead atoms. The molecule has 0 spiro atoms. The van der Waals surface area contributed by atoms with Crippen molar-refractivity contribution in [2.45, 2.75) is 0 Å². The average molecular weight is 640 g/mol. The number of benzene rings is 6. The van der Waals surface area contributed by atoms with Gasteiger partial charge in [-0.3, -0.25) is 9.55 Å². The first-order valence-electron chi connectivity index (χ1n) is 16.8. The lowest BCUT2D eigenvalue weighted by molar-refractivity contribution is 0.996. The van der Waals surface area contributed by atoms with Gasteiger partial charge >= 0.3 is 0 Å². The Morgan fingerprint density at radius 3 is 1.68 bits per heavy atom. The van der Waals surface area contributed by atoms with Crippen LogP contribution in [0.5, 0.6) is 0 Å². The Hall–Kier alpha value is -6.85. The fourth-order valence-corrected chi connectivity index (χ4v) is 7.28. The summed E-state index contributed by atoms with van der Waals surface area (Å²) >= 11 is 0. The first-order chi connectivity index (χ1) is 24.8. The van der Waals surface area contributed by atoms with E-state index in [0.29, 0.717) is 5.95 Å². The lowest BCUT2D eigenvalue weighted by Crippen LogP contribution is -2.04. The first-order valence-corrected chi connectivity index (χ1v) is 16.8. The van der Waals surface area contributed by atoms with E-state index in [1.54, 1.807) is 0 Å². The number of hydrogen-bond donors (Lipinski definition) is 0. The number of fused-ring (bicyclic) bond motifs is 6. The third-order valence-electron chi connectivity index (χ3n) is 9.59. The zero-order valence-electron chi connectivity index (χ0n) is 27.0. The number of hydrogen-bond acceptors (Lipinski definition) is 3. The van der Waals surface area contributed by atoms with Crippen LogP contribution in [0.15, 0.2) is 176 Å². The molecule has 0 saturated heterocycles. The molecule has 0 aliphatic rings. The predicted octanol–water partition coefficient (Wildman–Crippen LogP) is 11.1. The second-order valence-electron chi connectivity index (χ2n) is 12.5. The Balaban J connectivity index is 1.20. The van der Waals surface area contributed by atoms with Gasteiger partial charge in [0.25, 0.3) is 0 Å². The summed E-state index contributed by atoms with van der Waals surface area (Å²) in [7, 11) is 0. The summed E-state index contributed by atoms with van der Waals surface area (Å²) in [5, 5.41) is 3.44. The number of nitrogens with zero attached hydrogens (tertiary/aromatic N) is 5. The van der Waals surface area contributed by atoms with Gasteiger partial charge in [-0.25, -0.2) is 9.97 Å². The van der Waals surface area contributed by atoms with E-state index in [4.69, 9.17) is 15.0 Å². The van der Waals surface area contributed by atoms with Gasteiger partial charge in [0, 0.05) is 39.2 Å². The van der Waals surface area contributed by atoms with Gasteiger partial charge in [0.15, 0.2) is 0 Å². The Morgan fingerprint density at radius 2 is 0.940 bits per heavy atom. The summed E-state index contributed by atoms with van der Waals surface area (Å²) in [6.07, 6.45) is 1.88. The average Bonchev–Trinajstić information content (AvgIpc) is 3.71. The number of rotatable bonds is 5. The van der Waals surface area contributed by atoms with Gasteiger partial charge in [0.2, 0.25) is 5.95 Å². The van der Waals surface area contributed by atoms with Crippen LogP contribution in [0, 0.1) is 0 Å². The fraction of sp³-hybridized carbons (Fsp3) is 0. The molecule has 234 valence electrons. The van der Waals surface area contributed by atoms with E-state index < -0.39 is 0 Å². The van der Waals surface area contributed by atoms with Crippen LogP contribution in [0.25, 0.3) is 89.0 Å². The van der Waals surface area contributed by atoms with Gasteiger partial charge in [-0.15, -0.1) is 0 Å². The smallest absolute Gasteiger partial charge is 0.235 e. The molecule has 0 radical (unpaired) electrons. The lowest BCUT2D eigenvalue weighted by atomic mass is 10.0. The van der Waals surface area contributed by atoms with E-state index in [2.05, 4.69) is 161 Å². The molecule has 4 heterocycles. The maximum Gasteiger partial charge on any atom is 0.235 e. The normalized spacial score (nSPS) is 11.6. The zero-order valence-corrected chi connectivity index (χ0v) is 27.0. The van der Waals surface area contributed by atoms with Crippen molar-refractivity contribution in [1.82, 2.24) is 24.1 Å². The Morgan fingerprint density at radius 1 is 0.360 bits per heavy atom. The fourth-order valence-electron chi connectivity index (χ4n) is 7.28. The van der Waals surface area contributed by atoms with Crippen molar-refractivity contribution in [2.24, 2.45) is 0 Å². The van der Waals surface area contributed by atoms with E-state index in [0.717, 1.165) is 83.1 Å². The van der Waals surface area contributed by atoms with Crippen LogP contribution in [0.3, 0.4) is 0 Å². The summed E-state index contributed by atoms with van der Waals surface area (Å²) in [4.78, 5) is 15.3. The number of aromatic nitrogens is 5. The standard InChI is InChI=1S/C45H29N5/c1-4-13-30(14-5-1)38-29-39(31-15-6-2-7-16-31)48-45(47-38)50-40-20-11-10-19-35(40)36-24-22-33(28-43(36)50)32-23-25-41-37(27-32)44-42(21-12-26-46-44)49(41)34-17-8-3-9-18-34/h1-29H. The largest absolute Gasteiger partial charge is 0.308 e. The Labute approximate surface area is 288 Å². The van der Waals surface area contributed by atoms with Crippen LogP contribution in [0.1, 0.15) is 0 Å². The number of pyridine rings is 1. The molecule has 50 heavy (non-hydrogen) atoms. The third kappa shape index (κ3) is 4.52. The molecule has 0 N–H and O–H groups in total. The summed E-state index contributed by atoms with van der Waals surface area (Å²) in [5.74, 6) is 0.638. The quantitative estimate of drug-likeness (QED) is 0.188. The van der Waals surface area contributed by atoms with Gasteiger partial charge in [0.05, 0.1) is 39.0 Å². The maximum absolute atomic E-state index is 5.22. The van der Waals surface area contributed by atoms with Crippen molar-refractivity contribution in [3.63, 3.8) is 0 Å². The predicted molar refractivity (Wildman–Crippen MR) is 205 cm³/mol. The number of para-hydroxylation sites is 2. The van der Waals surface area contributed by atoms with Gasteiger partial charge in [-0.2, -0.15) is 0 Å². The van der Waals surface area contributed by atoms with Crippen LogP contribution in [-0.4, -0.2) is 24.1 Å². The SMILES string of the molecule is c1ccc(-c2cc(-c3ccccc3)nc(-n3c4ccccc4c4ccc(-c5ccc6c(c5)c5ncccc5n6-c5ccccc5)cc43)n2)cc1. The second kappa shape index (κ2) is 11.4. The van der Waals surface area contributed by atoms with Crippen molar-refractivity contribution < 1.29 is 0 Å². The highest BCUT2D eigenvalue weighted by atomic mass is 15.2. The molecule has 0 unspecified atom stereocenters. The molecule has 0 aliphatic carbocycles. The molecule has 0 saturated carbocycles. The van der Waals surface area contributed by atoms with E-state index in [1.165, 1.54) is 0 Å². The molecule has 0 atom stereocenters. The minimum atomic E-state index is 0.638. The van der Waals surface area contributed by atoms with Gasteiger partial charge < -0.3 is 4.57 Å². The van der Waals surface area contributed by atoms with Crippen LogP contribution < -0.4 is 0 Å². The zero-order chi connectivity index (χ0) is 33.0. The van der Waals surface area contributed by atoms with E-state index in [1.807, 2.05) is 24.4 Å². The Kier molecular flexibility index (Phi) is 6.42. The monoisotopic (exact) mass is 639 g/mol. The first kappa shape index (κ1) is 28.2. The Bertz CT molecular complexity index is 2800. The summed E-state index contributed by atoms with van der Waals surface area (Å²) in [6.45, 7) is 0. The van der Waals surface area contributed by atoms with E-state index in [9.17, 15) is 0 Å². The third-order valence-corrected chi connectivity index (χ3v) is 9.59. The molecular formula is C45H29N5. The topological polar surface area (TPSA) is 48.5 Å². The molecule has 0 fully saturated rings. The molecule has 10 rings (SSSR count). The van der Waals surface area contributed by atoms with Crippen LogP contribution in [-0.2, 0) is 0 Å². The van der Waals surface area contributed by atoms with Crippen LogP contribution >= 0.6 is 0 Å². The van der Waals surface area contributed by atoms with Crippen molar-refractivity contribution in [3.05, 3.63) is 176 Å². The van der Waals surface area contributed by atoms with Gasteiger partial charge in [0.1, 0.15) is 0 Å². The van der Waals surface area contributed by atoms with Crippen molar-refractivity contribution in [1.29, 1.82) is 0 Å². The molecular weight excluding hydrogens is 611 g/mol. The minimum absolute atomic E-state index is 0.638. The molecule has 0 aliphatic heterocycles. The summed E-state index contributed by atoms with van der Waals surface area (Å²) in [5.41, 5.74) is 12.5. The van der Waals surface area contributed by atoms with Gasteiger partial charge in [-0.05, 0) is 65.7 Å². The van der Waals surface area contributed by atoms with Crippen LogP contribution in [0.2, 0.25) is 0 Å². The lowest BCUT2D eigenvalue weighted by Gasteiger charge is -2.12. The summed E-state index contributed by atoms with van der Waals surface area (Å²) in [6, 6.07) is 59.4. The highest BCUT2D eigenvalue weighted by Gasteiger charge is 2.19. The maximum atomic E-state index is 5.22. The molecule has 6 aromatic carbocycles. The molecule has 10 aromatic rings. The summed E-state index contributed by atoms with van der Waals surface area (Å²) < 4.78 is 4.51. The van der Waals surface area contributed by atoms with Gasteiger partial charge in [-0.1, -0.05) is 115 Å². The van der Waals surface area contributed by atoms with Crippen molar-refractivity contribution in [2.75, 3.05) is 0 Å². The molecule has 0 amide bonds. The van der Waals surface area contributed by atoms with Crippen molar-refractivity contribution in [3.8, 4) is 45.3 Å². The molecule has 5 nitrogen and oxygen atoms in total.